The van der Waals surface area contributed by atoms with Crippen LogP contribution >= 0.6 is 0 Å². The average molecular weight is 248 g/mol. The molecule has 5 heteroatoms. The molecule has 0 saturated heterocycles. The highest BCUT2D eigenvalue weighted by Gasteiger charge is 2.03. The third-order valence-corrected chi connectivity index (χ3v) is 2.53. The van der Waals surface area contributed by atoms with E-state index in [1.807, 2.05) is 13.8 Å². The predicted octanol–water partition coefficient (Wildman–Crippen LogP) is 2.52. The molecule has 0 aliphatic heterocycles. The number of nitrogens with zero attached hydrogens (tertiary/aromatic N) is 1. The van der Waals surface area contributed by atoms with Crippen LogP contribution in [0.1, 0.15) is 25.8 Å². The Morgan fingerprint density at radius 1 is 1.44 bits per heavy atom. The minimum atomic E-state index is -0.455. The summed E-state index contributed by atoms with van der Waals surface area (Å²) in [5, 5.41) is 13.3. The SMILES string of the molecule is CC[C@@H](C)NC(=O)/C=C/c1ccc([N+](=O)[O-])cc1. The molecule has 1 aromatic rings. The van der Waals surface area contributed by atoms with Gasteiger partial charge >= 0.3 is 0 Å². The lowest BCUT2D eigenvalue weighted by molar-refractivity contribution is -0.384. The van der Waals surface area contributed by atoms with E-state index >= 15 is 0 Å². The second kappa shape index (κ2) is 6.54. The Balaban J connectivity index is 2.61. The molecule has 0 aromatic heterocycles. The number of benzene rings is 1. The maximum Gasteiger partial charge on any atom is 0.269 e. The number of carbonyl (C=O) groups is 1. The van der Waals surface area contributed by atoms with E-state index < -0.39 is 4.92 Å². The van der Waals surface area contributed by atoms with Gasteiger partial charge in [-0.25, -0.2) is 0 Å². The molecular weight excluding hydrogens is 232 g/mol. The fourth-order valence-corrected chi connectivity index (χ4v) is 1.27. The summed E-state index contributed by atoms with van der Waals surface area (Å²) in [4.78, 5) is 21.5. The van der Waals surface area contributed by atoms with Crippen LogP contribution in [-0.2, 0) is 4.79 Å². The number of nitro benzene ring substituents is 1. The van der Waals surface area contributed by atoms with Gasteiger partial charge in [0.2, 0.25) is 5.91 Å². The molecule has 0 bridgehead atoms. The molecule has 0 fully saturated rings. The van der Waals surface area contributed by atoms with Crippen molar-refractivity contribution in [3.63, 3.8) is 0 Å². The number of hydrogen-bond donors (Lipinski definition) is 1. The van der Waals surface area contributed by atoms with Gasteiger partial charge in [0.05, 0.1) is 4.92 Å². The van der Waals surface area contributed by atoms with Gasteiger partial charge < -0.3 is 5.32 Å². The number of amides is 1. The van der Waals surface area contributed by atoms with Crippen LogP contribution in [0.5, 0.6) is 0 Å². The number of hydrogen-bond acceptors (Lipinski definition) is 3. The molecule has 0 unspecified atom stereocenters. The zero-order valence-electron chi connectivity index (χ0n) is 10.4. The van der Waals surface area contributed by atoms with Gasteiger partial charge in [-0.15, -0.1) is 0 Å². The van der Waals surface area contributed by atoms with Crippen LogP contribution < -0.4 is 5.32 Å². The van der Waals surface area contributed by atoms with Gasteiger partial charge in [-0.3, -0.25) is 14.9 Å². The quantitative estimate of drug-likeness (QED) is 0.494. The highest BCUT2D eigenvalue weighted by Crippen LogP contribution is 2.12. The lowest BCUT2D eigenvalue weighted by atomic mass is 10.2. The fourth-order valence-electron chi connectivity index (χ4n) is 1.27. The van der Waals surface area contributed by atoms with Crippen molar-refractivity contribution in [2.45, 2.75) is 26.3 Å². The van der Waals surface area contributed by atoms with Crippen LogP contribution in [0.4, 0.5) is 5.69 Å². The highest BCUT2D eigenvalue weighted by atomic mass is 16.6. The van der Waals surface area contributed by atoms with Gasteiger partial charge in [-0.2, -0.15) is 0 Å². The lowest BCUT2D eigenvalue weighted by Crippen LogP contribution is -2.30. The van der Waals surface area contributed by atoms with Crippen molar-refractivity contribution < 1.29 is 9.72 Å². The molecule has 1 N–H and O–H groups in total. The molecule has 0 heterocycles. The first-order chi connectivity index (χ1) is 8.52. The Bertz CT molecular complexity index is 452. The van der Waals surface area contributed by atoms with Gasteiger partial charge in [-0.05, 0) is 37.1 Å². The van der Waals surface area contributed by atoms with E-state index in [1.165, 1.54) is 18.2 Å². The van der Waals surface area contributed by atoms with E-state index in [0.717, 1.165) is 12.0 Å². The van der Waals surface area contributed by atoms with Crippen molar-refractivity contribution >= 4 is 17.7 Å². The molecule has 0 aliphatic rings. The smallest absolute Gasteiger partial charge is 0.269 e. The molecule has 0 spiro atoms. The summed E-state index contributed by atoms with van der Waals surface area (Å²) in [6.45, 7) is 3.92. The first kappa shape index (κ1) is 13.9. The van der Waals surface area contributed by atoms with Gasteiger partial charge in [0.1, 0.15) is 0 Å². The Kier molecular flexibility index (Phi) is 5.05. The van der Waals surface area contributed by atoms with Crippen molar-refractivity contribution in [1.82, 2.24) is 5.32 Å². The second-order valence-corrected chi connectivity index (χ2v) is 4.00. The van der Waals surface area contributed by atoms with Gasteiger partial charge in [0.25, 0.3) is 5.69 Å². The van der Waals surface area contributed by atoms with Crippen LogP contribution in [0.2, 0.25) is 0 Å². The zero-order chi connectivity index (χ0) is 13.5. The van der Waals surface area contributed by atoms with Crippen LogP contribution in [0.15, 0.2) is 30.3 Å². The van der Waals surface area contributed by atoms with Crippen molar-refractivity contribution in [1.29, 1.82) is 0 Å². The van der Waals surface area contributed by atoms with Gasteiger partial charge in [0, 0.05) is 24.3 Å². The third-order valence-electron chi connectivity index (χ3n) is 2.53. The summed E-state index contributed by atoms with van der Waals surface area (Å²) >= 11 is 0. The minimum absolute atomic E-state index is 0.0382. The number of carbonyl (C=O) groups excluding carboxylic acids is 1. The first-order valence-corrected chi connectivity index (χ1v) is 5.76. The number of non-ortho nitro benzene ring substituents is 1. The van der Waals surface area contributed by atoms with Crippen LogP contribution in [0.3, 0.4) is 0 Å². The van der Waals surface area contributed by atoms with Crippen molar-refractivity contribution in [3.8, 4) is 0 Å². The second-order valence-electron chi connectivity index (χ2n) is 4.00. The highest BCUT2D eigenvalue weighted by molar-refractivity contribution is 5.91. The zero-order valence-corrected chi connectivity index (χ0v) is 10.4. The molecule has 1 aromatic carbocycles. The maximum atomic E-state index is 11.5. The molecule has 96 valence electrons. The summed E-state index contributed by atoms with van der Waals surface area (Å²) in [5.41, 5.74) is 0.788. The third kappa shape index (κ3) is 4.37. The fraction of sp³-hybridized carbons (Fsp3) is 0.308. The van der Waals surface area contributed by atoms with Crippen LogP contribution in [-0.4, -0.2) is 16.9 Å². The van der Waals surface area contributed by atoms with E-state index in [2.05, 4.69) is 5.32 Å². The Morgan fingerprint density at radius 2 is 2.06 bits per heavy atom. The summed E-state index contributed by atoms with van der Waals surface area (Å²) in [6.07, 6.45) is 3.92. The van der Waals surface area contributed by atoms with E-state index in [0.29, 0.717) is 0 Å². The van der Waals surface area contributed by atoms with Crippen molar-refractivity contribution in [2.24, 2.45) is 0 Å². The van der Waals surface area contributed by atoms with Crippen molar-refractivity contribution in [3.05, 3.63) is 46.0 Å². The van der Waals surface area contributed by atoms with Gasteiger partial charge in [-0.1, -0.05) is 6.92 Å². The van der Waals surface area contributed by atoms with E-state index in [-0.39, 0.29) is 17.6 Å². The molecular formula is C13H16N2O3. The topological polar surface area (TPSA) is 72.2 Å². The molecule has 0 aliphatic carbocycles. The van der Waals surface area contributed by atoms with Crippen LogP contribution in [0, 0.1) is 10.1 Å². The molecule has 0 radical (unpaired) electrons. The summed E-state index contributed by atoms with van der Waals surface area (Å²) in [5.74, 6) is -0.164. The van der Waals surface area contributed by atoms with Gasteiger partial charge in [0.15, 0.2) is 0 Å². The monoisotopic (exact) mass is 248 g/mol. The lowest BCUT2D eigenvalue weighted by Gasteiger charge is -2.08. The summed E-state index contributed by atoms with van der Waals surface area (Å²) < 4.78 is 0. The Hall–Kier alpha value is -2.17. The molecule has 1 amide bonds. The van der Waals surface area contributed by atoms with E-state index in [4.69, 9.17) is 0 Å². The number of nitrogens with one attached hydrogen (secondary N) is 1. The summed E-state index contributed by atoms with van der Waals surface area (Å²) in [7, 11) is 0. The first-order valence-electron chi connectivity index (χ1n) is 5.76. The predicted molar refractivity (Wildman–Crippen MR) is 70.0 cm³/mol. The normalized spacial score (nSPS) is 12.3. The molecule has 18 heavy (non-hydrogen) atoms. The molecule has 1 rings (SSSR count). The number of nitro groups is 1. The minimum Gasteiger partial charge on any atom is -0.350 e. The average Bonchev–Trinajstić information content (AvgIpc) is 2.36. The summed E-state index contributed by atoms with van der Waals surface area (Å²) in [6, 6.07) is 6.16. The van der Waals surface area contributed by atoms with Crippen molar-refractivity contribution in [2.75, 3.05) is 0 Å². The van der Waals surface area contributed by atoms with Crippen LogP contribution in [0.25, 0.3) is 6.08 Å². The Morgan fingerprint density at radius 3 is 2.56 bits per heavy atom. The maximum absolute atomic E-state index is 11.5. The standard InChI is InChI=1S/C13H16N2O3/c1-3-10(2)14-13(16)9-6-11-4-7-12(8-5-11)15(17)18/h4-10H,3H2,1-2H3,(H,14,16)/b9-6+/t10-/m1/s1. The van der Waals surface area contributed by atoms with E-state index in [9.17, 15) is 14.9 Å². The molecule has 1 atom stereocenters. The Labute approximate surface area is 106 Å². The molecule has 5 nitrogen and oxygen atoms in total. The molecule has 0 saturated carbocycles. The largest absolute Gasteiger partial charge is 0.350 e. The van der Waals surface area contributed by atoms with E-state index in [1.54, 1.807) is 18.2 Å². The number of rotatable bonds is 5.